The van der Waals surface area contributed by atoms with Crippen LogP contribution in [0.25, 0.3) is 11.3 Å². The van der Waals surface area contributed by atoms with Crippen LogP contribution in [0, 0.1) is 11.6 Å². The van der Waals surface area contributed by atoms with Crippen LogP contribution in [-0.2, 0) is 9.84 Å². The third-order valence-corrected chi connectivity index (χ3v) is 8.84. The summed E-state index contributed by atoms with van der Waals surface area (Å²) in [5, 5.41) is 1.87. The van der Waals surface area contributed by atoms with E-state index in [-0.39, 0.29) is 14.9 Å². The lowest BCUT2D eigenvalue weighted by atomic mass is 10.1. The van der Waals surface area contributed by atoms with E-state index in [1.807, 2.05) is 10.3 Å². The summed E-state index contributed by atoms with van der Waals surface area (Å²) in [5.41, 5.74) is 1.27. The Balaban J connectivity index is 1.46. The second kappa shape index (κ2) is 8.42. The van der Waals surface area contributed by atoms with Crippen LogP contribution in [-0.4, -0.2) is 31.7 Å². The molecule has 1 aromatic heterocycles. The molecule has 0 amide bonds. The maximum absolute atomic E-state index is 13.7. The summed E-state index contributed by atoms with van der Waals surface area (Å²) in [4.78, 5) is 6.62. The molecule has 0 N–H and O–H groups in total. The van der Waals surface area contributed by atoms with Crippen molar-refractivity contribution < 1.29 is 17.2 Å². The van der Waals surface area contributed by atoms with Gasteiger partial charge < -0.3 is 4.90 Å². The molecule has 10 heteroatoms. The van der Waals surface area contributed by atoms with Gasteiger partial charge in [-0.05, 0) is 43.2 Å². The zero-order valence-corrected chi connectivity index (χ0v) is 18.6. The third kappa shape index (κ3) is 4.19. The number of hydrogen-bond acceptors (Lipinski definition) is 5. The molecule has 1 aliphatic rings. The van der Waals surface area contributed by atoms with E-state index in [0.29, 0.717) is 37.2 Å². The number of benzene rings is 2. The fourth-order valence-electron chi connectivity index (χ4n) is 3.40. The Morgan fingerprint density at radius 3 is 2.40 bits per heavy atom. The molecule has 0 atom stereocenters. The number of anilines is 1. The number of rotatable bonds is 4. The van der Waals surface area contributed by atoms with E-state index in [0.717, 1.165) is 17.3 Å². The zero-order chi connectivity index (χ0) is 21.5. The van der Waals surface area contributed by atoms with Crippen molar-refractivity contribution in [3.05, 3.63) is 63.5 Å². The number of thiazole rings is 1. The molecule has 1 fully saturated rings. The Morgan fingerprint density at radius 1 is 1.00 bits per heavy atom. The standard InChI is InChI=1S/C20H16Cl2F2N2O2S2/c21-15-3-1-12(9-18(15)24)19-11-29-20(25-19)26-7-5-13(6-8-26)30(27,28)14-2-4-17(23)16(22)10-14/h1-4,9-11,13H,5-8H2. The van der Waals surface area contributed by atoms with Crippen molar-refractivity contribution in [2.45, 2.75) is 23.0 Å². The van der Waals surface area contributed by atoms with Gasteiger partial charge in [-0.2, -0.15) is 0 Å². The summed E-state index contributed by atoms with van der Waals surface area (Å²) in [6.45, 7) is 1.03. The van der Waals surface area contributed by atoms with Crippen molar-refractivity contribution in [1.29, 1.82) is 0 Å². The summed E-state index contributed by atoms with van der Waals surface area (Å²) in [5.74, 6) is -1.15. The molecule has 158 valence electrons. The molecule has 1 aliphatic heterocycles. The van der Waals surface area contributed by atoms with E-state index in [2.05, 4.69) is 4.98 Å². The molecule has 4 rings (SSSR count). The van der Waals surface area contributed by atoms with Crippen LogP contribution in [0.3, 0.4) is 0 Å². The molecule has 0 bridgehead atoms. The first-order chi connectivity index (χ1) is 14.3. The topological polar surface area (TPSA) is 50.3 Å². The molecule has 1 saturated heterocycles. The Bertz CT molecular complexity index is 1190. The van der Waals surface area contributed by atoms with E-state index in [1.165, 1.54) is 29.5 Å². The summed E-state index contributed by atoms with van der Waals surface area (Å²) >= 11 is 12.9. The van der Waals surface area contributed by atoms with E-state index in [1.54, 1.807) is 6.07 Å². The van der Waals surface area contributed by atoms with Crippen molar-refractivity contribution in [3.8, 4) is 11.3 Å². The highest BCUT2D eigenvalue weighted by Gasteiger charge is 2.32. The second-order valence-corrected chi connectivity index (χ2v) is 10.8. The van der Waals surface area contributed by atoms with Crippen LogP contribution in [0.2, 0.25) is 10.0 Å². The lowest BCUT2D eigenvalue weighted by molar-refractivity contribution is 0.529. The van der Waals surface area contributed by atoms with Gasteiger partial charge in [-0.15, -0.1) is 11.3 Å². The van der Waals surface area contributed by atoms with Crippen LogP contribution in [0.1, 0.15) is 12.8 Å². The number of halogens is 4. The SMILES string of the molecule is O=S(=O)(c1ccc(F)c(Cl)c1)C1CCN(c2nc(-c3ccc(Cl)c(F)c3)cs2)CC1. The zero-order valence-electron chi connectivity index (χ0n) is 15.5. The van der Waals surface area contributed by atoms with Crippen LogP contribution < -0.4 is 4.90 Å². The number of sulfone groups is 1. The average molecular weight is 489 g/mol. The van der Waals surface area contributed by atoms with E-state index < -0.39 is 26.7 Å². The molecule has 0 radical (unpaired) electrons. The monoisotopic (exact) mass is 488 g/mol. The number of piperidine rings is 1. The summed E-state index contributed by atoms with van der Waals surface area (Å²) in [7, 11) is -3.60. The predicted molar refractivity (Wildman–Crippen MR) is 116 cm³/mol. The number of aromatic nitrogens is 1. The Hall–Kier alpha value is -1.74. The molecule has 0 spiro atoms. The van der Waals surface area contributed by atoms with Gasteiger partial charge in [-0.3, -0.25) is 0 Å². The van der Waals surface area contributed by atoms with Gasteiger partial charge in [0.15, 0.2) is 15.0 Å². The maximum Gasteiger partial charge on any atom is 0.185 e. The van der Waals surface area contributed by atoms with E-state index in [4.69, 9.17) is 23.2 Å². The van der Waals surface area contributed by atoms with Gasteiger partial charge in [0.2, 0.25) is 0 Å². The molecule has 0 unspecified atom stereocenters. The highest BCUT2D eigenvalue weighted by atomic mass is 35.5. The largest absolute Gasteiger partial charge is 0.348 e. The van der Waals surface area contributed by atoms with Gasteiger partial charge in [0.25, 0.3) is 0 Å². The normalized spacial score (nSPS) is 15.5. The van der Waals surface area contributed by atoms with Crippen molar-refractivity contribution in [3.63, 3.8) is 0 Å². The maximum atomic E-state index is 13.7. The molecule has 3 aromatic rings. The van der Waals surface area contributed by atoms with Gasteiger partial charge in [-0.1, -0.05) is 29.3 Å². The van der Waals surface area contributed by atoms with E-state index in [9.17, 15) is 17.2 Å². The Kier molecular flexibility index (Phi) is 6.03. The van der Waals surface area contributed by atoms with Gasteiger partial charge in [0.05, 0.1) is 25.9 Å². The molecule has 0 aliphatic carbocycles. The third-order valence-electron chi connectivity index (χ3n) is 5.08. The van der Waals surface area contributed by atoms with Crippen molar-refractivity contribution in [2.75, 3.05) is 18.0 Å². The molecule has 4 nitrogen and oxygen atoms in total. The smallest absolute Gasteiger partial charge is 0.185 e. The first kappa shape index (κ1) is 21.5. The minimum Gasteiger partial charge on any atom is -0.348 e. The molecular weight excluding hydrogens is 473 g/mol. The summed E-state index contributed by atoms with van der Waals surface area (Å²) in [6, 6.07) is 8.02. The van der Waals surface area contributed by atoms with Crippen LogP contribution in [0.15, 0.2) is 46.7 Å². The Labute approximate surface area is 187 Å². The second-order valence-electron chi connectivity index (χ2n) is 6.95. The molecule has 30 heavy (non-hydrogen) atoms. The first-order valence-electron chi connectivity index (χ1n) is 9.10. The number of nitrogens with zero attached hydrogens (tertiary/aromatic N) is 2. The predicted octanol–water partition coefficient (Wildman–Crippen LogP) is 5.84. The number of hydrogen-bond donors (Lipinski definition) is 0. The fourth-order valence-corrected chi connectivity index (χ4v) is 6.41. The van der Waals surface area contributed by atoms with Crippen LogP contribution in [0.5, 0.6) is 0 Å². The Morgan fingerprint density at radius 2 is 1.73 bits per heavy atom. The average Bonchev–Trinajstić information content (AvgIpc) is 3.22. The highest BCUT2D eigenvalue weighted by Crippen LogP contribution is 2.33. The highest BCUT2D eigenvalue weighted by molar-refractivity contribution is 7.92. The fraction of sp³-hybridized carbons (Fsp3) is 0.250. The van der Waals surface area contributed by atoms with Crippen LogP contribution in [0.4, 0.5) is 13.9 Å². The van der Waals surface area contributed by atoms with Crippen molar-refractivity contribution in [1.82, 2.24) is 4.98 Å². The minimum absolute atomic E-state index is 0.0358. The summed E-state index contributed by atoms with van der Waals surface area (Å²) < 4.78 is 52.9. The molecule has 0 saturated carbocycles. The van der Waals surface area contributed by atoms with Gasteiger partial charge in [0.1, 0.15) is 11.6 Å². The molecule has 2 heterocycles. The van der Waals surface area contributed by atoms with Crippen molar-refractivity contribution >= 4 is 49.5 Å². The quantitative estimate of drug-likeness (QED) is 0.433. The molecular formula is C20H16Cl2F2N2O2S2. The lowest BCUT2D eigenvalue weighted by Crippen LogP contribution is -2.39. The van der Waals surface area contributed by atoms with Gasteiger partial charge >= 0.3 is 0 Å². The molecule has 2 aromatic carbocycles. The van der Waals surface area contributed by atoms with Crippen LogP contribution >= 0.6 is 34.5 Å². The van der Waals surface area contributed by atoms with Crippen molar-refractivity contribution in [2.24, 2.45) is 0 Å². The first-order valence-corrected chi connectivity index (χ1v) is 12.3. The summed E-state index contributed by atoms with van der Waals surface area (Å²) in [6.07, 6.45) is 0.837. The van der Waals surface area contributed by atoms with E-state index >= 15 is 0 Å². The lowest BCUT2D eigenvalue weighted by Gasteiger charge is -2.31. The van der Waals surface area contributed by atoms with Gasteiger partial charge in [-0.25, -0.2) is 22.2 Å². The minimum atomic E-state index is -3.60. The van der Waals surface area contributed by atoms with Gasteiger partial charge in [0, 0.05) is 24.0 Å².